The predicted octanol–water partition coefficient (Wildman–Crippen LogP) is 6.48. The summed E-state index contributed by atoms with van der Waals surface area (Å²) in [6, 6.07) is 33.7. The maximum Gasteiger partial charge on any atom is 0.0557 e. The fourth-order valence-corrected chi connectivity index (χ4v) is 5.73. The largest absolute Gasteiger partial charge is 0.377 e. The zero-order chi connectivity index (χ0) is 18.7. The minimum absolute atomic E-state index is 0.0156. The van der Waals surface area contributed by atoms with Crippen molar-refractivity contribution in [2.45, 2.75) is 24.8 Å². The van der Waals surface area contributed by atoms with Crippen LogP contribution in [-0.2, 0) is 11.8 Å². The van der Waals surface area contributed by atoms with Crippen LogP contribution < -0.4 is 5.32 Å². The minimum atomic E-state index is 0.0156. The number of hydrogen-bond acceptors (Lipinski definition) is 1. The van der Waals surface area contributed by atoms with Gasteiger partial charge in [0, 0.05) is 22.4 Å². The standard InChI is InChI=1S/C27H23N/c1-27-22-14-8-6-12-20(22)17-24(27)25(19-10-3-2-4-11-19)28-26-21-13-7-5-9-18(21)15-16-23(26)27/h2-16,24-25,28H,17H2,1H3/t24-,25+,27+/m0/s1. The summed E-state index contributed by atoms with van der Waals surface area (Å²) < 4.78 is 0. The second-order valence-electron chi connectivity index (χ2n) is 8.41. The summed E-state index contributed by atoms with van der Waals surface area (Å²) in [7, 11) is 0. The van der Waals surface area contributed by atoms with Gasteiger partial charge >= 0.3 is 0 Å². The van der Waals surface area contributed by atoms with E-state index in [4.69, 9.17) is 0 Å². The molecular weight excluding hydrogens is 338 g/mol. The molecule has 136 valence electrons. The lowest BCUT2D eigenvalue weighted by molar-refractivity contribution is 0.320. The van der Waals surface area contributed by atoms with E-state index in [2.05, 4.69) is 103 Å². The SMILES string of the molecule is C[C@]12c3ccccc3C[C@H]1[C@@H](c1ccccc1)Nc1c2ccc2ccccc12. The summed E-state index contributed by atoms with van der Waals surface area (Å²) in [5, 5.41) is 6.61. The van der Waals surface area contributed by atoms with Crippen LogP contribution in [0.3, 0.4) is 0 Å². The number of rotatable bonds is 1. The molecule has 4 aromatic rings. The molecule has 0 saturated heterocycles. The van der Waals surface area contributed by atoms with Crippen LogP contribution in [0.25, 0.3) is 10.8 Å². The first-order valence-electron chi connectivity index (χ1n) is 10.2. The number of benzene rings is 4. The normalized spacial score (nSPS) is 24.9. The lowest BCUT2D eigenvalue weighted by Crippen LogP contribution is -2.41. The second kappa shape index (κ2) is 5.72. The van der Waals surface area contributed by atoms with Crippen LogP contribution in [0.1, 0.15) is 35.2 Å². The van der Waals surface area contributed by atoms with Crippen LogP contribution in [0.4, 0.5) is 5.69 Å². The first-order valence-corrected chi connectivity index (χ1v) is 10.2. The number of fused-ring (bicyclic) bond motifs is 7. The Morgan fingerprint density at radius 2 is 1.50 bits per heavy atom. The molecule has 6 rings (SSSR count). The molecular formula is C27H23N. The molecule has 1 nitrogen and oxygen atoms in total. The molecule has 0 aromatic heterocycles. The Balaban J connectivity index is 1.67. The highest BCUT2D eigenvalue weighted by Gasteiger charge is 2.51. The zero-order valence-electron chi connectivity index (χ0n) is 16.0. The molecule has 1 aliphatic heterocycles. The van der Waals surface area contributed by atoms with E-state index in [0.717, 1.165) is 6.42 Å². The molecule has 4 aromatic carbocycles. The second-order valence-corrected chi connectivity index (χ2v) is 8.41. The van der Waals surface area contributed by atoms with Gasteiger partial charge in [-0.1, -0.05) is 97.9 Å². The monoisotopic (exact) mass is 361 g/mol. The molecule has 0 unspecified atom stereocenters. The quantitative estimate of drug-likeness (QED) is 0.409. The first kappa shape index (κ1) is 15.9. The molecule has 2 aliphatic rings. The van der Waals surface area contributed by atoms with E-state index < -0.39 is 0 Å². The third kappa shape index (κ3) is 2.02. The van der Waals surface area contributed by atoms with Gasteiger partial charge in [0.1, 0.15) is 0 Å². The third-order valence-electron chi connectivity index (χ3n) is 7.11. The van der Waals surface area contributed by atoms with E-state index in [1.54, 1.807) is 0 Å². The Hall–Kier alpha value is -3.06. The molecule has 0 amide bonds. The van der Waals surface area contributed by atoms with E-state index in [1.807, 2.05) is 0 Å². The molecule has 0 spiro atoms. The smallest absolute Gasteiger partial charge is 0.0557 e. The van der Waals surface area contributed by atoms with Gasteiger partial charge in [0.15, 0.2) is 0 Å². The van der Waals surface area contributed by atoms with Gasteiger partial charge in [-0.2, -0.15) is 0 Å². The number of anilines is 1. The van der Waals surface area contributed by atoms with E-state index >= 15 is 0 Å². The van der Waals surface area contributed by atoms with Crippen LogP contribution in [0.15, 0.2) is 91.0 Å². The Labute approximate surface area is 166 Å². The van der Waals surface area contributed by atoms with Gasteiger partial charge in [-0.3, -0.25) is 0 Å². The van der Waals surface area contributed by atoms with Gasteiger partial charge in [0.05, 0.1) is 6.04 Å². The van der Waals surface area contributed by atoms with Crippen molar-refractivity contribution in [3.05, 3.63) is 113 Å². The van der Waals surface area contributed by atoms with Crippen molar-refractivity contribution in [1.29, 1.82) is 0 Å². The minimum Gasteiger partial charge on any atom is -0.377 e. The van der Waals surface area contributed by atoms with Gasteiger partial charge in [0.2, 0.25) is 0 Å². The molecule has 0 radical (unpaired) electrons. The first-order chi connectivity index (χ1) is 13.8. The highest BCUT2D eigenvalue weighted by atomic mass is 15.0. The fraction of sp³-hybridized carbons (Fsp3) is 0.185. The molecule has 1 heteroatoms. The number of hydrogen-bond donors (Lipinski definition) is 1. The molecule has 0 bridgehead atoms. The van der Waals surface area contributed by atoms with Crippen molar-refractivity contribution in [2.75, 3.05) is 5.32 Å². The summed E-state index contributed by atoms with van der Waals surface area (Å²) in [5.74, 6) is 0.501. The summed E-state index contributed by atoms with van der Waals surface area (Å²) >= 11 is 0. The Kier molecular flexibility index (Phi) is 3.26. The van der Waals surface area contributed by atoms with Crippen molar-refractivity contribution in [3.8, 4) is 0 Å². The molecule has 1 heterocycles. The van der Waals surface area contributed by atoms with Crippen molar-refractivity contribution in [1.82, 2.24) is 0 Å². The predicted molar refractivity (Wildman–Crippen MR) is 117 cm³/mol. The summed E-state index contributed by atoms with van der Waals surface area (Å²) in [6.45, 7) is 2.47. The van der Waals surface area contributed by atoms with Crippen molar-refractivity contribution >= 4 is 16.5 Å². The topological polar surface area (TPSA) is 12.0 Å². The van der Waals surface area contributed by atoms with Crippen LogP contribution >= 0.6 is 0 Å². The highest BCUT2D eigenvalue weighted by molar-refractivity contribution is 5.97. The average Bonchev–Trinajstić information content (AvgIpc) is 3.07. The van der Waals surface area contributed by atoms with E-state index in [9.17, 15) is 0 Å². The lowest BCUT2D eigenvalue weighted by Gasteiger charge is -2.45. The van der Waals surface area contributed by atoms with E-state index in [-0.39, 0.29) is 5.41 Å². The maximum absolute atomic E-state index is 3.99. The molecule has 3 atom stereocenters. The van der Waals surface area contributed by atoms with Crippen molar-refractivity contribution in [3.63, 3.8) is 0 Å². The van der Waals surface area contributed by atoms with Crippen LogP contribution in [0.2, 0.25) is 0 Å². The Bertz CT molecular complexity index is 1190. The third-order valence-corrected chi connectivity index (χ3v) is 7.11. The van der Waals surface area contributed by atoms with Crippen LogP contribution in [0.5, 0.6) is 0 Å². The average molecular weight is 361 g/mol. The molecule has 0 fully saturated rings. The van der Waals surface area contributed by atoms with Crippen molar-refractivity contribution in [2.24, 2.45) is 5.92 Å². The summed E-state index contributed by atoms with van der Waals surface area (Å²) in [5.41, 5.74) is 7.14. The highest BCUT2D eigenvalue weighted by Crippen LogP contribution is 2.58. The lowest BCUT2D eigenvalue weighted by atomic mass is 9.64. The van der Waals surface area contributed by atoms with Crippen LogP contribution in [0, 0.1) is 5.92 Å². The van der Waals surface area contributed by atoms with Crippen LogP contribution in [-0.4, -0.2) is 0 Å². The molecule has 1 aliphatic carbocycles. The molecule has 28 heavy (non-hydrogen) atoms. The Morgan fingerprint density at radius 3 is 2.39 bits per heavy atom. The van der Waals surface area contributed by atoms with Crippen molar-refractivity contribution < 1.29 is 0 Å². The van der Waals surface area contributed by atoms with Gasteiger partial charge in [0.25, 0.3) is 0 Å². The Morgan fingerprint density at radius 1 is 0.750 bits per heavy atom. The van der Waals surface area contributed by atoms with Gasteiger partial charge in [-0.05, 0) is 34.1 Å². The van der Waals surface area contributed by atoms with E-state index in [0.29, 0.717) is 12.0 Å². The molecule has 0 saturated carbocycles. The maximum atomic E-state index is 3.99. The van der Waals surface area contributed by atoms with E-state index in [1.165, 1.54) is 38.7 Å². The molecule has 1 N–H and O–H groups in total. The van der Waals surface area contributed by atoms with Gasteiger partial charge < -0.3 is 5.32 Å². The summed E-state index contributed by atoms with van der Waals surface area (Å²) in [4.78, 5) is 0. The van der Waals surface area contributed by atoms with Gasteiger partial charge in [-0.25, -0.2) is 0 Å². The zero-order valence-corrected chi connectivity index (χ0v) is 16.0. The summed E-state index contributed by atoms with van der Waals surface area (Å²) in [6.07, 6.45) is 1.12. The fourth-order valence-electron chi connectivity index (χ4n) is 5.73. The number of nitrogens with one attached hydrogen (secondary N) is 1. The van der Waals surface area contributed by atoms with Gasteiger partial charge in [-0.15, -0.1) is 0 Å².